The van der Waals surface area contributed by atoms with Gasteiger partial charge in [-0.1, -0.05) is 37.3 Å². The maximum Gasteiger partial charge on any atom is 0.252 e. The van der Waals surface area contributed by atoms with Gasteiger partial charge in [-0.05, 0) is 38.2 Å². The van der Waals surface area contributed by atoms with Gasteiger partial charge in [0.15, 0.2) is 0 Å². The third-order valence-corrected chi connectivity index (χ3v) is 4.63. The molecule has 22 heavy (non-hydrogen) atoms. The first-order valence-corrected chi connectivity index (χ1v) is 8.19. The van der Waals surface area contributed by atoms with Crippen LogP contribution >= 0.6 is 0 Å². The minimum Gasteiger partial charge on any atom is -0.380 e. The molecule has 4 heteroatoms. The predicted molar refractivity (Wildman–Crippen MR) is 86.7 cm³/mol. The summed E-state index contributed by atoms with van der Waals surface area (Å²) >= 11 is 0. The Bertz CT molecular complexity index is 466. The van der Waals surface area contributed by atoms with Crippen molar-refractivity contribution in [2.45, 2.75) is 57.2 Å². The summed E-state index contributed by atoms with van der Waals surface area (Å²) in [6, 6.07) is 9.63. The summed E-state index contributed by atoms with van der Waals surface area (Å²) in [6.07, 6.45) is 4.44. The van der Waals surface area contributed by atoms with Gasteiger partial charge >= 0.3 is 0 Å². The minimum absolute atomic E-state index is 0.241. The Morgan fingerprint density at radius 1 is 1.41 bits per heavy atom. The Morgan fingerprint density at radius 3 is 2.77 bits per heavy atom. The van der Waals surface area contributed by atoms with Crippen LogP contribution in [0.25, 0.3) is 0 Å². The van der Waals surface area contributed by atoms with Gasteiger partial charge in [-0.3, -0.25) is 4.79 Å². The summed E-state index contributed by atoms with van der Waals surface area (Å²) in [7, 11) is 0. The fourth-order valence-electron chi connectivity index (χ4n) is 2.82. The van der Waals surface area contributed by atoms with Crippen LogP contribution in [0, 0.1) is 0 Å². The van der Waals surface area contributed by atoms with E-state index < -0.39 is 5.60 Å². The number of hydrogen-bond donors (Lipinski definition) is 2. The van der Waals surface area contributed by atoms with Crippen molar-refractivity contribution in [2.24, 2.45) is 0 Å². The zero-order valence-electron chi connectivity index (χ0n) is 13.5. The molecule has 2 rings (SSSR count). The van der Waals surface area contributed by atoms with Crippen LogP contribution in [0.15, 0.2) is 30.3 Å². The molecule has 1 amide bonds. The van der Waals surface area contributed by atoms with Crippen molar-refractivity contribution in [2.75, 3.05) is 13.2 Å². The highest BCUT2D eigenvalue weighted by molar-refractivity contribution is 5.85. The molecule has 2 N–H and O–H groups in total. The monoisotopic (exact) mass is 305 g/mol. The Labute approximate surface area is 132 Å². The van der Waals surface area contributed by atoms with E-state index in [0.717, 1.165) is 31.4 Å². The molecular formula is C18H27NO3. The number of amides is 1. The molecule has 1 saturated heterocycles. The number of hydrogen-bond acceptors (Lipinski definition) is 3. The number of aliphatic hydroxyl groups is 1. The van der Waals surface area contributed by atoms with Crippen molar-refractivity contribution in [3.05, 3.63) is 35.9 Å². The smallest absolute Gasteiger partial charge is 0.252 e. The second-order valence-corrected chi connectivity index (χ2v) is 6.31. The molecule has 0 unspecified atom stereocenters. The minimum atomic E-state index is -1.42. The van der Waals surface area contributed by atoms with E-state index >= 15 is 0 Å². The Kier molecular flexibility index (Phi) is 5.98. The molecule has 1 aliphatic heterocycles. The van der Waals surface area contributed by atoms with Crippen LogP contribution in [0.5, 0.6) is 0 Å². The van der Waals surface area contributed by atoms with Crippen LogP contribution in [0.1, 0.15) is 51.0 Å². The molecule has 0 spiro atoms. The lowest BCUT2D eigenvalue weighted by atomic mass is 9.84. The maximum absolute atomic E-state index is 12.3. The Morgan fingerprint density at radius 2 is 2.14 bits per heavy atom. The molecule has 122 valence electrons. The molecule has 0 saturated carbocycles. The largest absolute Gasteiger partial charge is 0.380 e. The van der Waals surface area contributed by atoms with Gasteiger partial charge in [-0.2, -0.15) is 0 Å². The van der Waals surface area contributed by atoms with Crippen LogP contribution in [0.3, 0.4) is 0 Å². The number of benzene rings is 1. The van der Waals surface area contributed by atoms with E-state index in [9.17, 15) is 9.90 Å². The summed E-state index contributed by atoms with van der Waals surface area (Å²) in [6.45, 7) is 4.82. The highest BCUT2D eigenvalue weighted by atomic mass is 16.5. The lowest BCUT2D eigenvalue weighted by Crippen LogP contribution is -2.48. The molecular weight excluding hydrogens is 278 g/mol. The molecule has 1 heterocycles. The van der Waals surface area contributed by atoms with Crippen LogP contribution < -0.4 is 5.32 Å². The molecule has 1 aliphatic rings. The molecule has 0 radical (unpaired) electrons. The summed E-state index contributed by atoms with van der Waals surface area (Å²) in [5.41, 5.74) is -0.465. The molecule has 1 fully saturated rings. The van der Waals surface area contributed by atoms with Gasteiger partial charge in [0.05, 0.1) is 6.10 Å². The van der Waals surface area contributed by atoms with E-state index in [-0.39, 0.29) is 17.9 Å². The van der Waals surface area contributed by atoms with Gasteiger partial charge < -0.3 is 15.2 Å². The van der Waals surface area contributed by atoms with Crippen molar-refractivity contribution >= 4 is 5.91 Å². The summed E-state index contributed by atoms with van der Waals surface area (Å²) in [4.78, 5) is 12.3. The van der Waals surface area contributed by atoms with Gasteiger partial charge in [0, 0.05) is 19.1 Å². The molecule has 0 aromatic heterocycles. The van der Waals surface area contributed by atoms with Crippen molar-refractivity contribution in [1.29, 1.82) is 0 Å². The summed E-state index contributed by atoms with van der Waals surface area (Å²) < 4.78 is 5.65. The van der Waals surface area contributed by atoms with Gasteiger partial charge in [0.25, 0.3) is 5.91 Å². The van der Waals surface area contributed by atoms with Gasteiger partial charge in [-0.25, -0.2) is 0 Å². The summed E-state index contributed by atoms with van der Waals surface area (Å²) in [5.74, 6) is -0.584. The molecule has 3 atom stereocenters. The second-order valence-electron chi connectivity index (χ2n) is 6.31. The number of rotatable bonds is 6. The summed E-state index contributed by atoms with van der Waals surface area (Å²) in [5, 5.41) is 13.5. The molecule has 1 aromatic rings. The first-order valence-electron chi connectivity index (χ1n) is 8.19. The van der Waals surface area contributed by atoms with Crippen molar-refractivity contribution < 1.29 is 14.6 Å². The lowest BCUT2D eigenvalue weighted by Gasteiger charge is -2.30. The fourth-order valence-corrected chi connectivity index (χ4v) is 2.82. The Balaban J connectivity index is 1.84. The predicted octanol–water partition coefficient (Wildman–Crippen LogP) is 2.62. The zero-order chi connectivity index (χ0) is 16.0. The Hall–Kier alpha value is -1.39. The van der Waals surface area contributed by atoms with Crippen LogP contribution in [-0.2, 0) is 9.53 Å². The van der Waals surface area contributed by atoms with E-state index in [1.807, 2.05) is 37.3 Å². The van der Waals surface area contributed by atoms with Crippen molar-refractivity contribution in [3.63, 3.8) is 0 Å². The van der Waals surface area contributed by atoms with E-state index in [2.05, 4.69) is 5.32 Å². The zero-order valence-corrected chi connectivity index (χ0v) is 13.5. The first kappa shape index (κ1) is 17.0. The topological polar surface area (TPSA) is 58.6 Å². The lowest BCUT2D eigenvalue weighted by molar-refractivity contribution is -0.140. The number of nitrogens with one attached hydrogen (secondary N) is 1. The highest BCUT2D eigenvalue weighted by Crippen LogP contribution is 2.28. The number of carbonyl (C=O) groups is 1. The van der Waals surface area contributed by atoms with Crippen LogP contribution in [0.2, 0.25) is 0 Å². The van der Waals surface area contributed by atoms with Gasteiger partial charge in [0.1, 0.15) is 5.60 Å². The van der Waals surface area contributed by atoms with Crippen LogP contribution in [-0.4, -0.2) is 35.9 Å². The fraction of sp³-hybridized carbons (Fsp3) is 0.611. The van der Waals surface area contributed by atoms with E-state index in [4.69, 9.17) is 4.74 Å². The number of ether oxygens (including phenoxy) is 1. The van der Waals surface area contributed by atoms with Crippen molar-refractivity contribution in [1.82, 2.24) is 5.32 Å². The average molecular weight is 305 g/mol. The average Bonchev–Trinajstić information content (AvgIpc) is 2.55. The van der Waals surface area contributed by atoms with Crippen LogP contribution in [0.4, 0.5) is 0 Å². The quantitative estimate of drug-likeness (QED) is 0.849. The van der Waals surface area contributed by atoms with Crippen molar-refractivity contribution in [3.8, 4) is 0 Å². The molecule has 0 bridgehead atoms. The standard InChI is InChI=1S/C18H27NO3/c1-14(15-8-4-3-5-9-15)18(2,21)17(20)19-12-11-16-10-6-7-13-22-16/h3-5,8-9,14,16,21H,6-7,10-13H2,1-2H3,(H,19,20)/t14-,16+,18-/m1/s1. The third kappa shape index (κ3) is 4.31. The molecule has 4 nitrogen and oxygen atoms in total. The van der Waals surface area contributed by atoms with Gasteiger partial charge in [0.2, 0.25) is 0 Å². The highest BCUT2D eigenvalue weighted by Gasteiger charge is 2.37. The molecule has 0 aliphatic carbocycles. The van der Waals surface area contributed by atoms with Gasteiger partial charge in [-0.15, -0.1) is 0 Å². The SMILES string of the molecule is C[C@H](c1ccccc1)[C@@](C)(O)C(=O)NCC[C@@H]1CCCCO1. The maximum atomic E-state index is 12.3. The van der Waals surface area contributed by atoms with E-state index in [1.165, 1.54) is 6.42 Å². The first-order chi connectivity index (χ1) is 10.5. The van der Waals surface area contributed by atoms with E-state index in [0.29, 0.717) is 6.54 Å². The second kappa shape index (κ2) is 7.75. The normalized spacial score (nSPS) is 22.6. The number of carbonyl (C=O) groups excluding carboxylic acids is 1. The third-order valence-electron chi connectivity index (χ3n) is 4.63. The van der Waals surface area contributed by atoms with E-state index in [1.54, 1.807) is 6.92 Å². The molecule has 1 aromatic carbocycles.